The summed E-state index contributed by atoms with van der Waals surface area (Å²) in [6, 6.07) is 12.2. The Kier molecular flexibility index (Phi) is 9.06. The van der Waals surface area contributed by atoms with Gasteiger partial charge in [0.2, 0.25) is 11.9 Å². The molecule has 0 amide bonds. The number of anilines is 3. The van der Waals surface area contributed by atoms with E-state index in [2.05, 4.69) is 40.0 Å². The summed E-state index contributed by atoms with van der Waals surface area (Å²) < 4.78 is 99.0. The molecule has 7 nitrogen and oxygen atoms in total. The van der Waals surface area contributed by atoms with E-state index in [1.165, 1.54) is 18.3 Å². The lowest BCUT2D eigenvalue weighted by Crippen LogP contribution is -2.17. The van der Waals surface area contributed by atoms with Crippen LogP contribution in [0.15, 0.2) is 65.8 Å². The highest BCUT2D eigenvalue weighted by atomic mass is 127. The molecule has 0 bridgehead atoms. The number of hydrogen-bond acceptors (Lipinski definition) is 7. The fourth-order valence-electron chi connectivity index (χ4n) is 3.29. The first-order chi connectivity index (χ1) is 19.3. The van der Waals surface area contributed by atoms with E-state index >= 15 is 0 Å². The van der Waals surface area contributed by atoms with Gasteiger partial charge in [-0.1, -0.05) is 42.9 Å². The Morgan fingerprint density at radius 2 is 1.63 bits per heavy atom. The number of hydrazone groups is 1. The van der Waals surface area contributed by atoms with Gasteiger partial charge in [0, 0.05) is 9.26 Å². The topological polar surface area (TPSA) is 84.3 Å². The molecule has 0 aliphatic carbocycles. The Balaban J connectivity index is 1.67. The summed E-state index contributed by atoms with van der Waals surface area (Å²) in [4.78, 5) is 12.7. The van der Waals surface area contributed by atoms with Gasteiger partial charge in [0.15, 0.2) is 5.82 Å². The summed E-state index contributed by atoms with van der Waals surface area (Å²) in [6.45, 7) is 0. The number of benzene rings is 3. The molecular formula is C25H15ClF7IN6O. The van der Waals surface area contributed by atoms with Crippen LogP contribution in [-0.4, -0.2) is 32.0 Å². The summed E-state index contributed by atoms with van der Waals surface area (Å²) in [6.07, 6.45) is -8.51. The fourth-order valence-corrected chi connectivity index (χ4v) is 5.08. The van der Waals surface area contributed by atoms with E-state index < -0.39 is 50.4 Å². The van der Waals surface area contributed by atoms with Crippen molar-refractivity contribution in [3.8, 4) is 17.1 Å². The molecule has 1 heterocycles. The van der Waals surface area contributed by atoms with Crippen LogP contribution in [0, 0.1) is 9.39 Å². The second-order valence-electron chi connectivity index (χ2n) is 7.84. The Bertz CT molecular complexity index is 1600. The molecule has 0 fully saturated rings. The van der Waals surface area contributed by atoms with E-state index in [-0.39, 0.29) is 23.4 Å². The van der Waals surface area contributed by atoms with Crippen LogP contribution < -0.4 is 15.5 Å². The van der Waals surface area contributed by atoms with E-state index in [0.29, 0.717) is 28.3 Å². The first-order valence-corrected chi connectivity index (χ1v) is 14.0. The van der Waals surface area contributed by atoms with Crippen LogP contribution in [0.3, 0.4) is 0 Å². The Morgan fingerprint density at radius 1 is 0.927 bits per heavy atom. The largest absolute Gasteiger partial charge is 0.573 e. The maximum atomic E-state index is 13.8. The van der Waals surface area contributed by atoms with Gasteiger partial charge < -0.3 is 10.1 Å². The van der Waals surface area contributed by atoms with E-state index in [1.54, 1.807) is 18.2 Å². The lowest BCUT2D eigenvalue weighted by atomic mass is 10.2. The highest BCUT2D eigenvalue weighted by Crippen LogP contribution is 2.35. The van der Waals surface area contributed by atoms with Crippen molar-refractivity contribution in [2.24, 2.45) is 5.10 Å². The highest BCUT2D eigenvalue weighted by molar-refractivity contribution is 14.2. The van der Waals surface area contributed by atoms with Crippen LogP contribution >= 0.6 is 32.3 Å². The lowest BCUT2D eigenvalue weighted by Gasteiger charge is -2.13. The number of ether oxygens (including phenoxy) is 1. The summed E-state index contributed by atoms with van der Waals surface area (Å²) in [5, 5.41) is 6.87. The van der Waals surface area contributed by atoms with Crippen molar-refractivity contribution in [1.82, 2.24) is 15.0 Å². The summed E-state index contributed by atoms with van der Waals surface area (Å²) in [7, 11) is 0. The van der Waals surface area contributed by atoms with Crippen molar-refractivity contribution in [3.63, 3.8) is 0 Å². The molecule has 3 aromatic carbocycles. The van der Waals surface area contributed by atoms with Gasteiger partial charge in [-0.15, -0.1) is 13.2 Å². The van der Waals surface area contributed by atoms with Crippen LogP contribution in [0.2, 0.25) is 5.02 Å². The number of halogens is 9. The predicted molar refractivity (Wildman–Crippen MR) is 149 cm³/mol. The van der Waals surface area contributed by atoms with Crippen molar-refractivity contribution in [2.45, 2.75) is 12.5 Å². The lowest BCUT2D eigenvalue weighted by molar-refractivity contribution is -0.274. The molecule has 0 saturated carbocycles. The third kappa shape index (κ3) is 8.09. The van der Waals surface area contributed by atoms with Gasteiger partial charge in [-0.05, 0) is 60.2 Å². The Labute approximate surface area is 242 Å². The molecule has 0 spiro atoms. The molecule has 1 aromatic heterocycles. The number of nitrogens with zero attached hydrogens (tertiary/aromatic N) is 4. The highest BCUT2D eigenvalue weighted by Gasteiger charge is 2.34. The summed E-state index contributed by atoms with van der Waals surface area (Å²) in [5.41, 5.74) is 1.73. The maximum Gasteiger partial charge on any atom is 0.573 e. The molecule has 41 heavy (non-hydrogen) atoms. The van der Waals surface area contributed by atoms with Crippen LogP contribution in [0.4, 0.5) is 48.3 Å². The van der Waals surface area contributed by atoms with Crippen molar-refractivity contribution >= 4 is 60.6 Å². The van der Waals surface area contributed by atoms with Crippen molar-refractivity contribution in [2.75, 3.05) is 10.7 Å². The summed E-state index contributed by atoms with van der Waals surface area (Å²) >= 11 is 5.65. The quantitative estimate of drug-likeness (QED) is 0.0835. The number of aromatic nitrogens is 3. The molecule has 4 rings (SSSR count). The van der Waals surface area contributed by atoms with Crippen molar-refractivity contribution in [3.05, 3.63) is 86.2 Å². The SMILES string of the molecule is C=Ic1cccc(Cl)c1-c1nc(N/N=C/c2ccc(OC(F)(F)F)cc2)nc(Nc2ccc(F)c(C(F)(F)F)c2)n1. The number of alkyl halides is 6. The average Bonchev–Trinajstić information content (AvgIpc) is 2.89. The zero-order valence-corrected chi connectivity index (χ0v) is 23.1. The van der Waals surface area contributed by atoms with Gasteiger partial charge in [-0.25, -0.2) is 9.82 Å². The third-order valence-electron chi connectivity index (χ3n) is 4.99. The second-order valence-corrected chi connectivity index (χ2v) is 10.2. The van der Waals surface area contributed by atoms with Gasteiger partial charge in [-0.3, -0.25) is 0 Å². The fraction of sp³-hybridized carbons (Fsp3) is 0.0800. The summed E-state index contributed by atoms with van der Waals surface area (Å²) in [5.74, 6) is -2.19. The molecule has 0 radical (unpaired) electrons. The standard InChI is InChI=1S/C25H15ClF7IN6O/c1-34-19-4-2-3-17(26)20(19)21-37-22(36-14-7-10-18(27)16(11-14)24(28,29)30)39-23(38-21)40-35-12-13-5-8-15(9-6-13)41-25(31,32)33/h2-12H,1H2,(H2,36,37,38,39,40)/b35-12+. The van der Waals surface area contributed by atoms with E-state index in [4.69, 9.17) is 11.6 Å². The van der Waals surface area contributed by atoms with Crippen molar-refractivity contribution < 1.29 is 35.5 Å². The normalized spacial score (nSPS) is 12.0. The Hall–Kier alpha value is -3.86. The average molecular weight is 711 g/mol. The predicted octanol–water partition coefficient (Wildman–Crippen LogP) is 8.01. The molecular weight excluding hydrogens is 696 g/mol. The van der Waals surface area contributed by atoms with Crippen molar-refractivity contribution in [1.29, 1.82) is 0 Å². The van der Waals surface area contributed by atoms with Gasteiger partial charge in [0.05, 0.1) is 22.4 Å². The zero-order chi connectivity index (χ0) is 29.8. The van der Waals surface area contributed by atoms with E-state index in [9.17, 15) is 30.7 Å². The minimum atomic E-state index is -4.94. The number of nitrogens with one attached hydrogen (secondary N) is 2. The van der Waals surface area contributed by atoms with Crippen LogP contribution in [0.1, 0.15) is 11.1 Å². The van der Waals surface area contributed by atoms with Crippen LogP contribution in [0.5, 0.6) is 5.75 Å². The van der Waals surface area contributed by atoms with Gasteiger partial charge >= 0.3 is 12.5 Å². The first-order valence-electron chi connectivity index (χ1n) is 11.0. The monoisotopic (exact) mass is 710 g/mol. The molecule has 16 heteroatoms. The third-order valence-corrected chi connectivity index (χ3v) is 7.02. The molecule has 0 aliphatic heterocycles. The van der Waals surface area contributed by atoms with E-state index in [0.717, 1.165) is 21.8 Å². The second kappa shape index (κ2) is 12.3. The number of hydrogen-bond donors (Lipinski definition) is 2. The molecule has 0 unspecified atom stereocenters. The first kappa shape index (κ1) is 30.1. The molecule has 0 aliphatic rings. The van der Waals surface area contributed by atoms with Crippen LogP contribution in [-0.2, 0) is 6.18 Å². The zero-order valence-electron chi connectivity index (χ0n) is 20.2. The van der Waals surface area contributed by atoms with E-state index in [1.807, 2.05) is 0 Å². The molecule has 0 atom stereocenters. The van der Waals surface area contributed by atoms with Crippen LogP contribution in [0.25, 0.3) is 11.4 Å². The smallest absolute Gasteiger partial charge is 0.406 e. The molecule has 0 saturated heterocycles. The van der Waals surface area contributed by atoms with Gasteiger partial charge in [0.25, 0.3) is 0 Å². The molecule has 214 valence electrons. The number of rotatable bonds is 8. The van der Waals surface area contributed by atoms with Gasteiger partial charge in [0.1, 0.15) is 11.6 Å². The van der Waals surface area contributed by atoms with Gasteiger partial charge in [-0.2, -0.15) is 33.2 Å². The Morgan fingerprint density at radius 3 is 2.29 bits per heavy atom. The maximum absolute atomic E-state index is 13.8. The minimum Gasteiger partial charge on any atom is -0.406 e. The minimum absolute atomic E-state index is 0.0518. The molecule has 2 N–H and O–H groups in total. The molecule has 4 aromatic rings.